The van der Waals surface area contributed by atoms with E-state index >= 15 is 0 Å². The lowest BCUT2D eigenvalue weighted by molar-refractivity contribution is -0.0254. The van der Waals surface area contributed by atoms with Crippen molar-refractivity contribution >= 4 is 0 Å². The van der Waals surface area contributed by atoms with Crippen molar-refractivity contribution in [2.24, 2.45) is 0 Å². The molecule has 0 rings (SSSR count). The lowest BCUT2D eigenvalue weighted by Gasteiger charge is -2.14. The van der Waals surface area contributed by atoms with Gasteiger partial charge in [0.05, 0.1) is 19.8 Å². The van der Waals surface area contributed by atoms with Crippen molar-refractivity contribution in [2.75, 3.05) is 34.0 Å². The maximum absolute atomic E-state index is 5.45. The highest BCUT2D eigenvalue weighted by Gasteiger charge is 2.06. The Hall–Kier alpha value is -0.900. The van der Waals surface area contributed by atoms with Crippen LogP contribution in [0.25, 0.3) is 0 Å². The number of rotatable bonds is 9. The summed E-state index contributed by atoms with van der Waals surface area (Å²) in [5, 5.41) is 0. The van der Waals surface area contributed by atoms with Crippen LogP contribution in [0.1, 0.15) is 0 Å². The van der Waals surface area contributed by atoms with Gasteiger partial charge in [-0.15, -0.1) is 0 Å². The molecule has 0 saturated carbocycles. The minimum absolute atomic E-state index is 0.0233. The quantitative estimate of drug-likeness (QED) is 0.547. The Morgan fingerprint density at radius 3 is 2.47 bits per heavy atom. The van der Waals surface area contributed by atoms with E-state index in [4.69, 9.17) is 14.2 Å². The Morgan fingerprint density at radius 1 is 1.27 bits per heavy atom. The third-order valence-corrected chi connectivity index (χ3v) is 1.85. The van der Waals surface area contributed by atoms with Crippen molar-refractivity contribution in [2.45, 2.75) is 6.10 Å². The van der Waals surface area contributed by atoms with Crippen LogP contribution in [0.5, 0.6) is 0 Å². The SMILES string of the molecule is C=C/C=C(\C=C)COCC(COC)OC. The third-order valence-electron chi connectivity index (χ3n) is 1.85. The van der Waals surface area contributed by atoms with Crippen LogP contribution >= 0.6 is 0 Å². The van der Waals surface area contributed by atoms with E-state index in [1.165, 1.54) is 0 Å². The van der Waals surface area contributed by atoms with E-state index in [2.05, 4.69) is 13.2 Å². The molecule has 0 amide bonds. The average Bonchev–Trinajstić information content (AvgIpc) is 2.26. The largest absolute Gasteiger partial charge is 0.382 e. The van der Waals surface area contributed by atoms with Crippen molar-refractivity contribution in [3.63, 3.8) is 0 Å². The molecule has 1 unspecified atom stereocenters. The van der Waals surface area contributed by atoms with Gasteiger partial charge in [0.2, 0.25) is 0 Å². The van der Waals surface area contributed by atoms with E-state index in [0.717, 1.165) is 5.57 Å². The van der Waals surface area contributed by atoms with Gasteiger partial charge >= 0.3 is 0 Å². The van der Waals surface area contributed by atoms with Gasteiger partial charge in [-0.1, -0.05) is 31.4 Å². The molecule has 0 N–H and O–H groups in total. The number of hydrogen-bond acceptors (Lipinski definition) is 3. The molecule has 0 fully saturated rings. The number of hydrogen-bond donors (Lipinski definition) is 0. The zero-order chi connectivity index (χ0) is 11.5. The van der Waals surface area contributed by atoms with E-state index in [0.29, 0.717) is 19.8 Å². The summed E-state index contributed by atoms with van der Waals surface area (Å²) < 4.78 is 15.6. The van der Waals surface area contributed by atoms with Gasteiger partial charge in [-0.3, -0.25) is 0 Å². The molecule has 0 aromatic heterocycles. The Labute approximate surface area is 92.0 Å². The molecule has 0 heterocycles. The molecule has 3 nitrogen and oxygen atoms in total. The molecule has 0 aliphatic carbocycles. The van der Waals surface area contributed by atoms with Gasteiger partial charge in [0.1, 0.15) is 6.10 Å². The zero-order valence-electron chi connectivity index (χ0n) is 9.57. The highest BCUT2D eigenvalue weighted by molar-refractivity contribution is 5.21. The smallest absolute Gasteiger partial charge is 0.104 e. The van der Waals surface area contributed by atoms with Gasteiger partial charge in [0.25, 0.3) is 0 Å². The van der Waals surface area contributed by atoms with Crippen LogP contribution in [-0.2, 0) is 14.2 Å². The summed E-state index contributed by atoms with van der Waals surface area (Å²) in [6.07, 6.45) is 5.30. The van der Waals surface area contributed by atoms with Gasteiger partial charge in [0, 0.05) is 14.2 Å². The summed E-state index contributed by atoms with van der Waals surface area (Å²) in [6.45, 7) is 8.85. The molecule has 0 radical (unpaired) electrons. The van der Waals surface area contributed by atoms with Crippen molar-refractivity contribution in [1.29, 1.82) is 0 Å². The van der Waals surface area contributed by atoms with Crippen LogP contribution in [0.2, 0.25) is 0 Å². The Balaban J connectivity index is 3.79. The second-order valence-electron chi connectivity index (χ2n) is 3.01. The minimum atomic E-state index is -0.0233. The molecule has 0 aliphatic heterocycles. The summed E-state index contributed by atoms with van der Waals surface area (Å²) in [5.74, 6) is 0. The minimum Gasteiger partial charge on any atom is -0.382 e. The molecule has 0 spiro atoms. The first-order valence-corrected chi connectivity index (χ1v) is 4.82. The lowest BCUT2D eigenvalue weighted by Crippen LogP contribution is -2.24. The molecule has 0 saturated heterocycles. The summed E-state index contributed by atoms with van der Waals surface area (Å²) in [6, 6.07) is 0. The Morgan fingerprint density at radius 2 is 2.00 bits per heavy atom. The first-order valence-electron chi connectivity index (χ1n) is 4.82. The predicted octanol–water partition coefficient (Wildman–Crippen LogP) is 1.96. The fraction of sp³-hybridized carbons (Fsp3) is 0.500. The maximum atomic E-state index is 5.45. The monoisotopic (exact) mass is 212 g/mol. The molecular weight excluding hydrogens is 192 g/mol. The molecule has 0 aromatic carbocycles. The van der Waals surface area contributed by atoms with Crippen LogP contribution in [0.4, 0.5) is 0 Å². The van der Waals surface area contributed by atoms with Crippen LogP contribution in [-0.4, -0.2) is 40.1 Å². The van der Waals surface area contributed by atoms with Crippen LogP contribution in [0.15, 0.2) is 37.0 Å². The maximum Gasteiger partial charge on any atom is 0.104 e. The van der Waals surface area contributed by atoms with Crippen LogP contribution in [0, 0.1) is 0 Å². The molecular formula is C12H20O3. The number of methoxy groups -OCH3 is 2. The highest BCUT2D eigenvalue weighted by atomic mass is 16.5. The van der Waals surface area contributed by atoms with Gasteiger partial charge in [-0.2, -0.15) is 0 Å². The lowest BCUT2D eigenvalue weighted by atomic mass is 10.2. The van der Waals surface area contributed by atoms with Gasteiger partial charge in [-0.05, 0) is 5.57 Å². The normalized spacial score (nSPS) is 13.6. The zero-order valence-corrected chi connectivity index (χ0v) is 9.57. The molecule has 1 atom stereocenters. The topological polar surface area (TPSA) is 27.7 Å². The summed E-state index contributed by atoms with van der Waals surface area (Å²) >= 11 is 0. The average molecular weight is 212 g/mol. The Kier molecular flexibility index (Phi) is 9.07. The van der Waals surface area contributed by atoms with Gasteiger partial charge in [-0.25, -0.2) is 0 Å². The van der Waals surface area contributed by atoms with Gasteiger partial charge in [0.15, 0.2) is 0 Å². The van der Waals surface area contributed by atoms with Crippen molar-refractivity contribution in [3.8, 4) is 0 Å². The Bertz CT molecular complexity index is 209. The summed E-state index contributed by atoms with van der Waals surface area (Å²) in [4.78, 5) is 0. The van der Waals surface area contributed by atoms with E-state index in [9.17, 15) is 0 Å². The molecule has 86 valence electrons. The third kappa shape index (κ3) is 7.08. The van der Waals surface area contributed by atoms with Crippen molar-refractivity contribution < 1.29 is 14.2 Å². The van der Waals surface area contributed by atoms with E-state index in [1.807, 2.05) is 6.08 Å². The number of ether oxygens (including phenoxy) is 3. The first-order chi connectivity index (χ1) is 7.28. The first kappa shape index (κ1) is 14.1. The summed E-state index contributed by atoms with van der Waals surface area (Å²) in [7, 11) is 3.28. The van der Waals surface area contributed by atoms with Gasteiger partial charge < -0.3 is 14.2 Å². The fourth-order valence-corrected chi connectivity index (χ4v) is 1.00. The number of allylic oxidation sites excluding steroid dienone is 2. The van der Waals surface area contributed by atoms with E-state index in [1.54, 1.807) is 26.4 Å². The van der Waals surface area contributed by atoms with Crippen molar-refractivity contribution in [3.05, 3.63) is 37.0 Å². The van der Waals surface area contributed by atoms with E-state index < -0.39 is 0 Å². The predicted molar refractivity (Wildman–Crippen MR) is 62.0 cm³/mol. The fourth-order valence-electron chi connectivity index (χ4n) is 1.00. The van der Waals surface area contributed by atoms with Crippen LogP contribution in [0.3, 0.4) is 0 Å². The molecule has 0 aliphatic rings. The molecule has 15 heavy (non-hydrogen) atoms. The van der Waals surface area contributed by atoms with Crippen molar-refractivity contribution in [1.82, 2.24) is 0 Å². The summed E-state index contributed by atoms with van der Waals surface area (Å²) in [5.41, 5.74) is 0.997. The standard InChI is InChI=1S/C12H20O3/c1-5-7-11(6-2)8-15-10-12(14-4)9-13-3/h5-7,12H,1-2,8-10H2,3-4H3/b11-7+. The second kappa shape index (κ2) is 9.65. The van der Waals surface area contributed by atoms with E-state index in [-0.39, 0.29) is 6.10 Å². The van der Waals surface area contributed by atoms with Crippen LogP contribution < -0.4 is 0 Å². The highest BCUT2D eigenvalue weighted by Crippen LogP contribution is 1.99. The molecule has 0 aromatic rings. The molecule has 0 bridgehead atoms. The second-order valence-corrected chi connectivity index (χ2v) is 3.01. The molecule has 3 heteroatoms.